The molecule has 0 spiro atoms. The third kappa shape index (κ3) is 2.93. The van der Waals surface area contributed by atoms with Gasteiger partial charge in [0, 0.05) is 43.4 Å². The van der Waals surface area contributed by atoms with E-state index in [4.69, 9.17) is 16.6 Å². The van der Waals surface area contributed by atoms with Gasteiger partial charge in [0.15, 0.2) is 0 Å². The van der Waals surface area contributed by atoms with Gasteiger partial charge in [0.25, 0.3) is 0 Å². The summed E-state index contributed by atoms with van der Waals surface area (Å²) in [5, 5.41) is 4.30. The lowest BCUT2D eigenvalue weighted by Crippen LogP contribution is -2.45. The summed E-state index contributed by atoms with van der Waals surface area (Å²) in [6.07, 6.45) is 2.10. The van der Waals surface area contributed by atoms with Gasteiger partial charge >= 0.3 is 0 Å². The maximum atomic E-state index is 6.20. The fraction of sp³-hybridized carbons (Fsp3) is 0.316. The maximum Gasteiger partial charge on any atom is 0.137 e. The lowest BCUT2D eigenvalue weighted by molar-refractivity contribution is 0.151. The summed E-state index contributed by atoms with van der Waals surface area (Å²) in [7, 11) is 0. The Labute approximate surface area is 147 Å². The van der Waals surface area contributed by atoms with Gasteiger partial charge in [-0.1, -0.05) is 29.8 Å². The summed E-state index contributed by atoms with van der Waals surface area (Å²) >= 11 is 6.20. The van der Waals surface area contributed by atoms with Crippen LogP contribution in [0.15, 0.2) is 48.7 Å². The number of piperazine rings is 1. The van der Waals surface area contributed by atoms with Crippen molar-refractivity contribution in [3.05, 3.63) is 70.6 Å². The number of hydrogen-bond donors (Lipinski definition) is 1. The number of imidazole rings is 1. The van der Waals surface area contributed by atoms with Gasteiger partial charge in [-0.3, -0.25) is 4.90 Å². The lowest BCUT2D eigenvalue weighted by atomic mass is 10.0. The molecule has 0 aliphatic carbocycles. The molecule has 2 aromatic heterocycles. The number of aromatic nitrogens is 2. The largest absolute Gasteiger partial charge is 0.314 e. The number of nitrogens with one attached hydrogen (secondary N) is 1. The van der Waals surface area contributed by atoms with Crippen molar-refractivity contribution >= 4 is 17.2 Å². The summed E-state index contributed by atoms with van der Waals surface area (Å²) < 4.78 is 2.20. The van der Waals surface area contributed by atoms with E-state index in [0.29, 0.717) is 6.04 Å². The molecule has 0 saturated carbocycles. The van der Waals surface area contributed by atoms with Gasteiger partial charge in [-0.25, -0.2) is 4.98 Å². The van der Waals surface area contributed by atoms with Crippen molar-refractivity contribution in [1.29, 1.82) is 0 Å². The molecule has 1 atom stereocenters. The predicted molar refractivity (Wildman–Crippen MR) is 97.4 cm³/mol. The highest BCUT2D eigenvalue weighted by Crippen LogP contribution is 2.27. The third-order valence-corrected chi connectivity index (χ3v) is 5.00. The first-order valence-electron chi connectivity index (χ1n) is 8.35. The standard InChI is InChI=1S/C19H21ClN4/c1-14-18(24-9-3-2-7-19(24)22-14)13-23-10-8-21-12-17(23)15-5-4-6-16(20)11-15/h2-7,9,11,17,21H,8,10,12-13H2,1H3. The maximum absolute atomic E-state index is 6.20. The third-order valence-electron chi connectivity index (χ3n) is 4.77. The van der Waals surface area contributed by atoms with Gasteiger partial charge in [-0.2, -0.15) is 0 Å². The van der Waals surface area contributed by atoms with Crippen molar-refractivity contribution < 1.29 is 0 Å². The van der Waals surface area contributed by atoms with Crippen LogP contribution in [0.4, 0.5) is 0 Å². The second kappa shape index (κ2) is 6.55. The van der Waals surface area contributed by atoms with Crippen LogP contribution in [0.1, 0.15) is 23.0 Å². The van der Waals surface area contributed by atoms with Crippen molar-refractivity contribution in [2.45, 2.75) is 19.5 Å². The Morgan fingerprint density at radius 3 is 3.04 bits per heavy atom. The van der Waals surface area contributed by atoms with Gasteiger partial charge in [0.05, 0.1) is 11.4 Å². The minimum absolute atomic E-state index is 0.325. The molecule has 24 heavy (non-hydrogen) atoms. The van der Waals surface area contributed by atoms with Crippen LogP contribution >= 0.6 is 11.6 Å². The van der Waals surface area contributed by atoms with Crippen LogP contribution in [0, 0.1) is 6.92 Å². The number of hydrogen-bond acceptors (Lipinski definition) is 3. The Bertz CT molecular complexity index is 857. The van der Waals surface area contributed by atoms with Crippen LogP contribution in [-0.4, -0.2) is 33.9 Å². The summed E-state index contributed by atoms with van der Waals surface area (Å²) in [6.45, 7) is 5.94. The quantitative estimate of drug-likeness (QED) is 0.792. The minimum Gasteiger partial charge on any atom is -0.314 e. The number of aryl methyl sites for hydroxylation is 1. The molecule has 0 amide bonds. The smallest absolute Gasteiger partial charge is 0.137 e. The van der Waals surface area contributed by atoms with E-state index in [1.54, 1.807) is 0 Å². The van der Waals surface area contributed by atoms with E-state index < -0.39 is 0 Å². The predicted octanol–water partition coefficient (Wildman–Crippen LogP) is 3.44. The molecular formula is C19H21ClN4. The van der Waals surface area contributed by atoms with E-state index >= 15 is 0 Å². The number of rotatable bonds is 3. The number of halogens is 1. The molecular weight excluding hydrogens is 320 g/mol. The number of benzene rings is 1. The number of fused-ring (bicyclic) bond motifs is 1. The second-order valence-electron chi connectivity index (χ2n) is 6.32. The van der Waals surface area contributed by atoms with Gasteiger partial charge in [-0.15, -0.1) is 0 Å². The Morgan fingerprint density at radius 2 is 2.17 bits per heavy atom. The second-order valence-corrected chi connectivity index (χ2v) is 6.75. The zero-order valence-electron chi connectivity index (χ0n) is 13.7. The zero-order chi connectivity index (χ0) is 16.5. The Kier molecular flexibility index (Phi) is 4.27. The molecule has 1 aliphatic heterocycles. The van der Waals surface area contributed by atoms with Crippen molar-refractivity contribution in [3.8, 4) is 0 Å². The van der Waals surface area contributed by atoms with Crippen molar-refractivity contribution in [3.63, 3.8) is 0 Å². The van der Waals surface area contributed by atoms with Crippen molar-refractivity contribution in [1.82, 2.24) is 19.6 Å². The van der Waals surface area contributed by atoms with Crippen LogP contribution < -0.4 is 5.32 Å². The molecule has 5 heteroatoms. The molecule has 3 aromatic rings. The van der Waals surface area contributed by atoms with Gasteiger partial charge in [0.1, 0.15) is 5.65 Å². The molecule has 3 heterocycles. The molecule has 4 rings (SSSR count). The summed E-state index contributed by atoms with van der Waals surface area (Å²) in [6, 6.07) is 14.7. The number of nitrogens with zero attached hydrogens (tertiary/aromatic N) is 3. The Morgan fingerprint density at radius 1 is 1.25 bits per heavy atom. The van der Waals surface area contributed by atoms with E-state index in [1.807, 2.05) is 18.2 Å². The van der Waals surface area contributed by atoms with E-state index in [1.165, 1.54) is 11.3 Å². The molecule has 4 nitrogen and oxygen atoms in total. The minimum atomic E-state index is 0.325. The van der Waals surface area contributed by atoms with Crippen molar-refractivity contribution in [2.24, 2.45) is 0 Å². The highest BCUT2D eigenvalue weighted by Gasteiger charge is 2.25. The molecule has 1 fully saturated rings. The lowest BCUT2D eigenvalue weighted by Gasteiger charge is -2.36. The van der Waals surface area contributed by atoms with Crippen LogP contribution in [-0.2, 0) is 6.54 Å². The molecule has 1 N–H and O–H groups in total. The van der Waals surface area contributed by atoms with Crippen LogP contribution in [0.2, 0.25) is 5.02 Å². The molecule has 1 saturated heterocycles. The van der Waals surface area contributed by atoms with Gasteiger partial charge in [0.2, 0.25) is 0 Å². The Balaban J connectivity index is 1.67. The number of pyridine rings is 1. The fourth-order valence-corrected chi connectivity index (χ4v) is 3.72. The van der Waals surface area contributed by atoms with Crippen LogP contribution in [0.5, 0.6) is 0 Å². The van der Waals surface area contributed by atoms with E-state index in [-0.39, 0.29) is 0 Å². The summed E-state index contributed by atoms with van der Waals surface area (Å²) in [5.41, 5.74) is 4.64. The fourth-order valence-electron chi connectivity index (χ4n) is 3.53. The molecule has 0 bridgehead atoms. The summed E-state index contributed by atoms with van der Waals surface area (Å²) in [5.74, 6) is 0. The normalized spacial score (nSPS) is 19.0. The van der Waals surface area contributed by atoms with E-state index in [2.05, 4.69) is 52.0 Å². The highest BCUT2D eigenvalue weighted by atomic mass is 35.5. The monoisotopic (exact) mass is 340 g/mol. The molecule has 1 unspecified atom stereocenters. The van der Waals surface area contributed by atoms with Crippen LogP contribution in [0.25, 0.3) is 5.65 Å². The molecule has 124 valence electrons. The summed E-state index contributed by atoms with van der Waals surface area (Å²) in [4.78, 5) is 7.21. The Hall–Kier alpha value is -1.88. The molecule has 0 radical (unpaired) electrons. The van der Waals surface area contributed by atoms with Crippen molar-refractivity contribution in [2.75, 3.05) is 19.6 Å². The first-order valence-corrected chi connectivity index (χ1v) is 8.73. The van der Waals surface area contributed by atoms with Gasteiger partial charge < -0.3 is 9.72 Å². The topological polar surface area (TPSA) is 32.6 Å². The average Bonchev–Trinajstić information content (AvgIpc) is 2.91. The SMILES string of the molecule is Cc1nc2ccccn2c1CN1CCNCC1c1cccc(Cl)c1. The van der Waals surface area contributed by atoms with Crippen LogP contribution in [0.3, 0.4) is 0 Å². The van der Waals surface area contributed by atoms with Gasteiger partial charge in [-0.05, 0) is 36.8 Å². The molecule has 1 aromatic carbocycles. The highest BCUT2D eigenvalue weighted by molar-refractivity contribution is 6.30. The first-order chi connectivity index (χ1) is 11.7. The van der Waals surface area contributed by atoms with E-state index in [9.17, 15) is 0 Å². The first kappa shape index (κ1) is 15.6. The average molecular weight is 341 g/mol. The van der Waals surface area contributed by atoms with E-state index in [0.717, 1.165) is 42.5 Å². The molecule has 1 aliphatic rings. The zero-order valence-corrected chi connectivity index (χ0v) is 14.5.